The van der Waals surface area contributed by atoms with Crippen molar-refractivity contribution in [1.29, 1.82) is 0 Å². The Hall–Kier alpha value is -3.78. The lowest BCUT2D eigenvalue weighted by Gasteiger charge is -2.05. The normalized spacial score (nSPS) is 11.1. The topological polar surface area (TPSA) is 75.1 Å². The van der Waals surface area contributed by atoms with Gasteiger partial charge >= 0.3 is 0 Å². The van der Waals surface area contributed by atoms with Gasteiger partial charge in [0.15, 0.2) is 4.96 Å². The van der Waals surface area contributed by atoms with E-state index in [-0.39, 0.29) is 11.7 Å². The van der Waals surface area contributed by atoms with Gasteiger partial charge in [0.25, 0.3) is 5.91 Å². The Morgan fingerprint density at radius 3 is 2.76 bits per heavy atom. The Kier molecular flexibility index (Phi) is 4.18. The smallest absolute Gasteiger partial charge is 0.273 e. The van der Waals surface area contributed by atoms with Gasteiger partial charge in [-0.15, -0.1) is 11.3 Å². The molecule has 2 N–H and O–H groups in total. The van der Waals surface area contributed by atoms with Gasteiger partial charge < -0.3 is 5.32 Å². The van der Waals surface area contributed by atoms with Gasteiger partial charge in [0, 0.05) is 34.6 Å². The maximum Gasteiger partial charge on any atom is 0.273 e. The molecule has 0 atom stereocenters. The van der Waals surface area contributed by atoms with Crippen molar-refractivity contribution in [1.82, 2.24) is 19.6 Å². The molecule has 5 aromatic rings. The Balaban J connectivity index is 1.36. The van der Waals surface area contributed by atoms with Crippen LogP contribution < -0.4 is 5.32 Å². The maximum absolute atomic E-state index is 13.1. The number of nitrogens with one attached hydrogen (secondary N) is 2. The van der Waals surface area contributed by atoms with Crippen LogP contribution in [0.5, 0.6) is 0 Å². The van der Waals surface area contributed by atoms with E-state index in [0.717, 1.165) is 21.8 Å². The van der Waals surface area contributed by atoms with Crippen molar-refractivity contribution in [2.45, 2.75) is 0 Å². The molecule has 0 bridgehead atoms. The molecule has 142 valence electrons. The standard InChI is InChI=1S/C21H14FN5OS/c22-15-6-4-13(5-7-15)17-11-18(26-25-17)20(28)23-16-3-1-2-14(10-16)19-12-27-8-9-29-21(27)24-19/h1-12H,(H,23,28)(H,25,26). The van der Waals surface area contributed by atoms with E-state index in [4.69, 9.17) is 0 Å². The van der Waals surface area contributed by atoms with Gasteiger partial charge in [-0.1, -0.05) is 12.1 Å². The van der Waals surface area contributed by atoms with Crippen molar-refractivity contribution in [2.24, 2.45) is 0 Å². The van der Waals surface area contributed by atoms with Gasteiger partial charge in [0.05, 0.1) is 11.4 Å². The fourth-order valence-electron chi connectivity index (χ4n) is 3.03. The second-order valence-corrected chi connectivity index (χ2v) is 7.30. The maximum atomic E-state index is 13.1. The van der Waals surface area contributed by atoms with E-state index in [1.165, 1.54) is 12.1 Å². The third-order valence-corrected chi connectivity index (χ3v) is 5.24. The fourth-order valence-corrected chi connectivity index (χ4v) is 3.73. The molecule has 6 nitrogen and oxygen atoms in total. The highest BCUT2D eigenvalue weighted by Crippen LogP contribution is 2.24. The minimum absolute atomic E-state index is 0.311. The molecule has 0 spiro atoms. The van der Waals surface area contributed by atoms with Gasteiger partial charge in [0.1, 0.15) is 11.5 Å². The highest BCUT2D eigenvalue weighted by Gasteiger charge is 2.12. The van der Waals surface area contributed by atoms with E-state index in [2.05, 4.69) is 20.5 Å². The van der Waals surface area contributed by atoms with Crippen molar-refractivity contribution < 1.29 is 9.18 Å². The zero-order valence-corrected chi connectivity index (χ0v) is 15.8. The first-order chi connectivity index (χ1) is 14.2. The van der Waals surface area contributed by atoms with Crippen molar-refractivity contribution in [3.63, 3.8) is 0 Å². The second kappa shape index (κ2) is 6.99. The number of carbonyl (C=O) groups is 1. The summed E-state index contributed by atoms with van der Waals surface area (Å²) in [6, 6.07) is 15.1. The number of fused-ring (bicyclic) bond motifs is 1. The van der Waals surface area contributed by atoms with E-state index in [9.17, 15) is 9.18 Å². The Labute approximate surface area is 168 Å². The number of amides is 1. The van der Waals surface area contributed by atoms with E-state index >= 15 is 0 Å². The zero-order valence-electron chi connectivity index (χ0n) is 15.0. The first kappa shape index (κ1) is 17.3. The van der Waals surface area contributed by atoms with Gasteiger partial charge in [-0.25, -0.2) is 9.37 Å². The van der Waals surface area contributed by atoms with Crippen molar-refractivity contribution in [3.05, 3.63) is 83.9 Å². The van der Waals surface area contributed by atoms with Crippen molar-refractivity contribution in [2.75, 3.05) is 5.32 Å². The molecule has 0 aliphatic carbocycles. The van der Waals surface area contributed by atoms with Crippen LogP contribution in [0.15, 0.2) is 72.4 Å². The number of hydrogen-bond acceptors (Lipinski definition) is 4. The van der Waals surface area contributed by atoms with E-state index in [0.29, 0.717) is 17.1 Å². The highest BCUT2D eigenvalue weighted by atomic mass is 32.1. The third-order valence-electron chi connectivity index (χ3n) is 4.47. The predicted molar refractivity (Wildman–Crippen MR) is 110 cm³/mol. The molecule has 0 aliphatic rings. The first-order valence-electron chi connectivity index (χ1n) is 8.81. The number of rotatable bonds is 4. The van der Waals surface area contributed by atoms with Gasteiger partial charge in [-0.3, -0.25) is 14.3 Å². The van der Waals surface area contributed by atoms with E-state index < -0.39 is 0 Å². The quantitative estimate of drug-likeness (QED) is 0.451. The van der Waals surface area contributed by atoms with Crippen LogP contribution in [0.2, 0.25) is 0 Å². The summed E-state index contributed by atoms with van der Waals surface area (Å²) in [4.78, 5) is 18.1. The summed E-state index contributed by atoms with van der Waals surface area (Å²) in [7, 11) is 0. The zero-order chi connectivity index (χ0) is 19.8. The molecule has 0 unspecified atom stereocenters. The summed E-state index contributed by atoms with van der Waals surface area (Å²) in [5, 5.41) is 11.7. The number of aromatic amines is 1. The number of benzene rings is 2. The molecular formula is C21H14FN5OS. The lowest BCUT2D eigenvalue weighted by Crippen LogP contribution is -2.12. The number of imidazole rings is 1. The predicted octanol–water partition coefficient (Wildman–Crippen LogP) is 4.84. The number of hydrogen-bond donors (Lipinski definition) is 2. The molecule has 8 heteroatoms. The SMILES string of the molecule is O=C(Nc1cccc(-c2cn3ccsc3n2)c1)c1cc(-c2ccc(F)cc2)n[nH]1. The van der Waals surface area contributed by atoms with Crippen LogP contribution in [0, 0.1) is 5.82 Å². The van der Waals surface area contributed by atoms with E-state index in [1.807, 2.05) is 46.4 Å². The summed E-state index contributed by atoms with van der Waals surface area (Å²) < 4.78 is 15.0. The number of nitrogens with zero attached hydrogens (tertiary/aromatic N) is 3. The number of thiazole rings is 1. The lowest BCUT2D eigenvalue weighted by molar-refractivity contribution is 0.102. The first-order valence-corrected chi connectivity index (χ1v) is 9.69. The average molecular weight is 403 g/mol. The molecule has 0 saturated carbocycles. The monoisotopic (exact) mass is 403 g/mol. The Morgan fingerprint density at radius 1 is 1.07 bits per heavy atom. The molecule has 5 rings (SSSR count). The summed E-state index contributed by atoms with van der Waals surface area (Å²) in [5.41, 5.74) is 4.02. The van der Waals surface area contributed by atoms with Crippen molar-refractivity contribution in [3.8, 4) is 22.5 Å². The van der Waals surface area contributed by atoms with Crippen LogP contribution in [0.25, 0.3) is 27.5 Å². The van der Waals surface area contributed by atoms with Crippen LogP contribution >= 0.6 is 11.3 Å². The van der Waals surface area contributed by atoms with Crippen LogP contribution in [0.1, 0.15) is 10.5 Å². The Bertz CT molecular complexity index is 1290. The van der Waals surface area contributed by atoms with Gasteiger partial charge in [0.2, 0.25) is 0 Å². The van der Waals surface area contributed by atoms with Crippen LogP contribution in [-0.2, 0) is 0 Å². The van der Waals surface area contributed by atoms with Gasteiger partial charge in [-0.05, 0) is 42.5 Å². The minimum Gasteiger partial charge on any atom is -0.321 e. The molecular weight excluding hydrogens is 389 g/mol. The van der Waals surface area contributed by atoms with Crippen LogP contribution in [-0.4, -0.2) is 25.5 Å². The second-order valence-electron chi connectivity index (χ2n) is 6.43. The highest BCUT2D eigenvalue weighted by molar-refractivity contribution is 7.15. The van der Waals surface area contributed by atoms with E-state index in [1.54, 1.807) is 29.5 Å². The molecule has 3 heterocycles. The third kappa shape index (κ3) is 3.41. The number of halogens is 1. The summed E-state index contributed by atoms with van der Waals surface area (Å²) >= 11 is 1.57. The largest absolute Gasteiger partial charge is 0.321 e. The number of anilines is 1. The van der Waals surface area contributed by atoms with Crippen LogP contribution in [0.3, 0.4) is 0 Å². The summed E-state index contributed by atoms with van der Waals surface area (Å²) in [5.74, 6) is -0.631. The number of H-pyrrole nitrogens is 1. The molecule has 0 saturated heterocycles. The molecule has 3 aromatic heterocycles. The lowest BCUT2D eigenvalue weighted by atomic mass is 10.1. The fraction of sp³-hybridized carbons (Fsp3) is 0. The number of carbonyl (C=O) groups excluding carboxylic acids is 1. The molecule has 0 fully saturated rings. The van der Waals surface area contributed by atoms with Gasteiger partial charge in [-0.2, -0.15) is 5.10 Å². The molecule has 1 amide bonds. The number of aromatic nitrogens is 4. The summed E-state index contributed by atoms with van der Waals surface area (Å²) in [6.45, 7) is 0. The van der Waals surface area contributed by atoms with Crippen LogP contribution in [0.4, 0.5) is 10.1 Å². The Morgan fingerprint density at radius 2 is 1.93 bits per heavy atom. The minimum atomic E-state index is -0.320. The molecule has 29 heavy (non-hydrogen) atoms. The summed E-state index contributed by atoms with van der Waals surface area (Å²) in [6.07, 6.45) is 3.91. The molecule has 2 aromatic carbocycles. The average Bonchev–Trinajstić information content (AvgIpc) is 3.45. The van der Waals surface area contributed by atoms with Crippen molar-refractivity contribution >= 4 is 27.9 Å². The molecule has 0 radical (unpaired) electrons. The molecule has 0 aliphatic heterocycles.